The van der Waals surface area contributed by atoms with Crippen LogP contribution in [0.4, 0.5) is 13.2 Å². The lowest BCUT2D eigenvalue weighted by molar-refractivity contribution is -0.139. The minimum atomic E-state index is -4.39. The van der Waals surface area contributed by atoms with E-state index >= 15 is 0 Å². The fraction of sp³-hybridized carbons (Fsp3) is 0.467. The molecule has 1 fully saturated rings. The number of hydrogen-bond acceptors (Lipinski definition) is 2. The molecule has 1 heterocycles. The van der Waals surface area contributed by atoms with Crippen molar-refractivity contribution in [2.75, 3.05) is 13.1 Å². The predicted molar refractivity (Wildman–Crippen MR) is 71.5 cm³/mol. The molecule has 5 heteroatoms. The van der Waals surface area contributed by atoms with E-state index in [1.165, 1.54) is 12.1 Å². The normalized spacial score (nSPS) is 19.2. The van der Waals surface area contributed by atoms with Gasteiger partial charge in [0, 0.05) is 18.7 Å². The molecule has 0 N–H and O–H groups in total. The molecule has 1 aliphatic heterocycles. The van der Waals surface area contributed by atoms with Gasteiger partial charge in [-0.05, 0) is 18.6 Å². The lowest BCUT2D eigenvalue weighted by atomic mass is 10.2. The molecule has 0 bridgehead atoms. The Balaban J connectivity index is 2.07. The third kappa shape index (κ3) is 3.26. The number of para-hydroxylation sites is 1. The van der Waals surface area contributed by atoms with Crippen molar-refractivity contribution in [2.45, 2.75) is 32.0 Å². The fourth-order valence-corrected chi connectivity index (χ4v) is 2.32. The van der Waals surface area contributed by atoms with Crippen molar-refractivity contribution in [1.29, 1.82) is 0 Å². The van der Waals surface area contributed by atoms with Gasteiger partial charge in [0.25, 0.3) is 0 Å². The lowest BCUT2D eigenvalue weighted by Crippen LogP contribution is -2.24. The zero-order chi connectivity index (χ0) is 14.8. The van der Waals surface area contributed by atoms with E-state index in [0.717, 1.165) is 24.7 Å². The molecule has 1 unspecified atom stereocenters. The number of alkyl halides is 3. The lowest BCUT2D eigenvalue weighted by Gasteiger charge is -2.21. The smallest absolute Gasteiger partial charge is 0.419 e. The summed E-state index contributed by atoms with van der Waals surface area (Å²) in [6.07, 6.45) is -3.05. The van der Waals surface area contributed by atoms with Crippen LogP contribution in [0.3, 0.4) is 0 Å². The minimum Gasteiger partial charge on any atom is -0.488 e. The predicted octanol–water partition coefficient (Wildman–Crippen LogP) is 4.08. The number of benzene rings is 1. The number of halogens is 3. The maximum Gasteiger partial charge on any atom is 0.419 e. The molecule has 110 valence electrons. The van der Waals surface area contributed by atoms with Crippen LogP contribution in [0.25, 0.3) is 0 Å². The Kier molecular flexibility index (Phi) is 4.26. The number of nitrogens with zero attached hydrogens (tertiary/aromatic N) is 1. The molecule has 1 saturated heterocycles. The van der Waals surface area contributed by atoms with Crippen LogP contribution < -0.4 is 4.74 Å². The SMILES string of the molecule is C=C(CC)N1CCC(Oc2ccccc2C(F)(F)F)C1. The zero-order valence-electron chi connectivity index (χ0n) is 11.4. The van der Waals surface area contributed by atoms with Crippen LogP contribution in [0.5, 0.6) is 5.75 Å². The van der Waals surface area contributed by atoms with Crippen molar-refractivity contribution < 1.29 is 17.9 Å². The molecular weight excluding hydrogens is 267 g/mol. The van der Waals surface area contributed by atoms with Crippen molar-refractivity contribution in [3.05, 3.63) is 42.1 Å². The summed E-state index contributed by atoms with van der Waals surface area (Å²) in [5.41, 5.74) is 0.285. The molecule has 2 rings (SSSR count). The van der Waals surface area contributed by atoms with Gasteiger partial charge in [-0.3, -0.25) is 0 Å². The summed E-state index contributed by atoms with van der Waals surface area (Å²) >= 11 is 0. The summed E-state index contributed by atoms with van der Waals surface area (Å²) in [5, 5.41) is 0. The largest absolute Gasteiger partial charge is 0.488 e. The summed E-state index contributed by atoms with van der Waals surface area (Å²) in [7, 11) is 0. The second-order valence-electron chi connectivity index (χ2n) is 4.89. The first-order chi connectivity index (χ1) is 9.41. The highest BCUT2D eigenvalue weighted by atomic mass is 19.4. The fourth-order valence-electron chi connectivity index (χ4n) is 2.32. The van der Waals surface area contributed by atoms with Gasteiger partial charge in [-0.1, -0.05) is 25.6 Å². The number of allylic oxidation sites excluding steroid dienone is 1. The average Bonchev–Trinajstić information content (AvgIpc) is 2.86. The molecule has 1 aliphatic rings. The first kappa shape index (κ1) is 14.8. The van der Waals surface area contributed by atoms with E-state index in [0.29, 0.717) is 13.0 Å². The molecule has 1 atom stereocenters. The molecule has 20 heavy (non-hydrogen) atoms. The first-order valence-electron chi connectivity index (χ1n) is 6.67. The summed E-state index contributed by atoms with van der Waals surface area (Å²) in [6.45, 7) is 7.33. The van der Waals surface area contributed by atoms with Crippen LogP contribution in [0, 0.1) is 0 Å². The van der Waals surface area contributed by atoms with E-state index in [-0.39, 0.29) is 11.9 Å². The molecule has 0 radical (unpaired) electrons. The van der Waals surface area contributed by atoms with Crippen molar-refractivity contribution in [3.63, 3.8) is 0 Å². The van der Waals surface area contributed by atoms with Gasteiger partial charge in [0.1, 0.15) is 11.9 Å². The molecule has 0 aromatic heterocycles. The average molecular weight is 285 g/mol. The highest BCUT2D eigenvalue weighted by Gasteiger charge is 2.35. The van der Waals surface area contributed by atoms with Gasteiger partial charge in [-0.15, -0.1) is 0 Å². The summed E-state index contributed by atoms with van der Waals surface area (Å²) in [5.74, 6) is -0.0889. The van der Waals surface area contributed by atoms with Gasteiger partial charge in [-0.25, -0.2) is 0 Å². The zero-order valence-corrected chi connectivity index (χ0v) is 11.4. The Morgan fingerprint density at radius 2 is 2.10 bits per heavy atom. The van der Waals surface area contributed by atoms with Gasteiger partial charge in [0.2, 0.25) is 0 Å². The number of ether oxygens (including phenoxy) is 1. The van der Waals surface area contributed by atoms with Gasteiger partial charge >= 0.3 is 6.18 Å². The van der Waals surface area contributed by atoms with Crippen LogP contribution in [-0.2, 0) is 6.18 Å². The standard InChI is InChI=1S/C15H18F3NO/c1-3-11(2)19-9-8-12(10-19)20-14-7-5-4-6-13(14)15(16,17)18/h4-7,12H,2-3,8-10H2,1H3. The van der Waals surface area contributed by atoms with Crippen LogP contribution in [0.2, 0.25) is 0 Å². The Morgan fingerprint density at radius 1 is 1.40 bits per heavy atom. The van der Waals surface area contributed by atoms with E-state index in [4.69, 9.17) is 4.74 Å². The van der Waals surface area contributed by atoms with E-state index < -0.39 is 11.7 Å². The minimum absolute atomic E-state index is 0.0889. The molecule has 1 aromatic rings. The van der Waals surface area contributed by atoms with Gasteiger partial charge < -0.3 is 9.64 Å². The number of hydrogen-bond donors (Lipinski definition) is 0. The molecule has 1 aromatic carbocycles. The molecule has 0 amide bonds. The highest BCUT2D eigenvalue weighted by molar-refractivity contribution is 5.35. The van der Waals surface area contributed by atoms with Crippen molar-refractivity contribution in [1.82, 2.24) is 4.90 Å². The molecule has 0 aliphatic carbocycles. The van der Waals surface area contributed by atoms with Gasteiger partial charge in [0.15, 0.2) is 0 Å². The maximum absolute atomic E-state index is 12.9. The van der Waals surface area contributed by atoms with Crippen molar-refractivity contribution in [3.8, 4) is 5.75 Å². The monoisotopic (exact) mass is 285 g/mol. The van der Waals surface area contributed by atoms with Crippen LogP contribution in [0.15, 0.2) is 36.5 Å². The molecule has 0 spiro atoms. The third-order valence-electron chi connectivity index (χ3n) is 3.49. The molecule has 2 nitrogen and oxygen atoms in total. The Bertz CT molecular complexity index is 484. The summed E-state index contributed by atoms with van der Waals surface area (Å²) in [4.78, 5) is 2.07. The summed E-state index contributed by atoms with van der Waals surface area (Å²) in [6, 6.07) is 5.35. The molecular formula is C15H18F3NO. The van der Waals surface area contributed by atoms with Crippen molar-refractivity contribution in [2.24, 2.45) is 0 Å². The number of likely N-dealkylation sites (tertiary alicyclic amines) is 1. The first-order valence-corrected chi connectivity index (χ1v) is 6.67. The summed E-state index contributed by atoms with van der Waals surface area (Å²) < 4.78 is 44.2. The maximum atomic E-state index is 12.9. The van der Waals surface area contributed by atoms with Gasteiger partial charge in [0.05, 0.1) is 12.1 Å². The van der Waals surface area contributed by atoms with Crippen LogP contribution in [-0.4, -0.2) is 24.1 Å². The topological polar surface area (TPSA) is 12.5 Å². The van der Waals surface area contributed by atoms with Crippen molar-refractivity contribution >= 4 is 0 Å². The third-order valence-corrected chi connectivity index (χ3v) is 3.49. The Morgan fingerprint density at radius 3 is 2.75 bits per heavy atom. The number of rotatable bonds is 4. The second-order valence-corrected chi connectivity index (χ2v) is 4.89. The Hall–Kier alpha value is -1.65. The van der Waals surface area contributed by atoms with E-state index in [9.17, 15) is 13.2 Å². The van der Waals surface area contributed by atoms with E-state index in [1.54, 1.807) is 6.07 Å². The van der Waals surface area contributed by atoms with E-state index in [2.05, 4.69) is 11.5 Å². The quantitative estimate of drug-likeness (QED) is 0.826. The highest BCUT2D eigenvalue weighted by Crippen LogP contribution is 2.37. The Labute approximate surface area is 116 Å². The van der Waals surface area contributed by atoms with Crippen LogP contribution >= 0.6 is 0 Å². The second kappa shape index (κ2) is 5.77. The van der Waals surface area contributed by atoms with E-state index in [1.807, 2.05) is 6.92 Å². The van der Waals surface area contributed by atoms with Crippen LogP contribution in [0.1, 0.15) is 25.3 Å². The molecule has 0 saturated carbocycles. The van der Waals surface area contributed by atoms with Gasteiger partial charge in [-0.2, -0.15) is 13.2 Å².